The lowest BCUT2D eigenvalue weighted by molar-refractivity contribution is 0.271. The van der Waals surface area contributed by atoms with E-state index >= 15 is 0 Å². The van der Waals surface area contributed by atoms with Gasteiger partial charge in [-0.1, -0.05) is 13.8 Å². The topological polar surface area (TPSA) is 3.24 Å². The van der Waals surface area contributed by atoms with Crippen molar-refractivity contribution in [2.45, 2.75) is 39.5 Å². The second-order valence-electron chi connectivity index (χ2n) is 3.27. The van der Waals surface area contributed by atoms with Gasteiger partial charge in [-0.15, -0.1) is 0 Å². The van der Waals surface area contributed by atoms with Crippen LogP contribution >= 0.6 is 12.6 Å². The molecule has 0 heterocycles. The summed E-state index contributed by atoms with van der Waals surface area (Å²) in [6, 6.07) is 0. The third-order valence-electron chi connectivity index (χ3n) is 1.96. The van der Waals surface area contributed by atoms with Gasteiger partial charge >= 0.3 is 0 Å². The lowest BCUT2D eigenvalue weighted by atomic mass is 10.3. The lowest BCUT2D eigenvalue weighted by Crippen LogP contribution is -2.26. The predicted octanol–water partition coefficient (Wildman–Crippen LogP) is 2.82. The van der Waals surface area contributed by atoms with Gasteiger partial charge in [-0.3, -0.25) is 0 Å². The summed E-state index contributed by atoms with van der Waals surface area (Å²) in [6.45, 7) is 8.30. The van der Waals surface area contributed by atoms with Crippen LogP contribution in [0.15, 0.2) is 0 Å². The number of thiol groups is 1. The Bertz CT molecular complexity index is 79.9. The molecule has 0 aromatic heterocycles. The Labute approximate surface area is 82.9 Å². The minimum Gasteiger partial charge on any atom is -0.303 e. The van der Waals surface area contributed by atoms with Crippen molar-refractivity contribution in [3.8, 4) is 0 Å². The number of hydrogen-bond acceptors (Lipinski definition) is 2. The standard InChI is InChI=1S/C10H23NS/c1-3-7-11(8-4-2)9-5-6-10-12/h12H,3-10H2,1-2H3. The highest BCUT2D eigenvalue weighted by molar-refractivity contribution is 7.80. The average molecular weight is 189 g/mol. The van der Waals surface area contributed by atoms with Crippen LogP contribution in [0, 0.1) is 0 Å². The fraction of sp³-hybridized carbons (Fsp3) is 1.00. The van der Waals surface area contributed by atoms with Crippen molar-refractivity contribution in [3.63, 3.8) is 0 Å². The summed E-state index contributed by atoms with van der Waals surface area (Å²) in [6.07, 6.45) is 5.12. The molecular formula is C10H23NS. The van der Waals surface area contributed by atoms with Crippen LogP contribution < -0.4 is 0 Å². The highest BCUT2D eigenvalue weighted by atomic mass is 32.1. The maximum Gasteiger partial charge on any atom is -0.00184 e. The van der Waals surface area contributed by atoms with Crippen LogP contribution in [0.3, 0.4) is 0 Å². The molecule has 0 bridgehead atoms. The van der Waals surface area contributed by atoms with Crippen LogP contribution in [0.1, 0.15) is 39.5 Å². The van der Waals surface area contributed by atoms with Gasteiger partial charge in [-0.25, -0.2) is 0 Å². The van der Waals surface area contributed by atoms with Gasteiger partial charge < -0.3 is 4.90 Å². The molecule has 0 spiro atoms. The van der Waals surface area contributed by atoms with Gasteiger partial charge in [-0.05, 0) is 51.1 Å². The Hall–Kier alpha value is 0.310. The van der Waals surface area contributed by atoms with Gasteiger partial charge in [0.1, 0.15) is 0 Å². The van der Waals surface area contributed by atoms with E-state index in [9.17, 15) is 0 Å². The highest BCUT2D eigenvalue weighted by Crippen LogP contribution is 1.99. The van der Waals surface area contributed by atoms with Crippen molar-refractivity contribution >= 4 is 12.6 Å². The van der Waals surface area contributed by atoms with Gasteiger partial charge in [0, 0.05) is 0 Å². The third kappa shape index (κ3) is 6.99. The van der Waals surface area contributed by atoms with Gasteiger partial charge in [0.05, 0.1) is 0 Å². The van der Waals surface area contributed by atoms with E-state index in [0.717, 1.165) is 5.75 Å². The molecule has 74 valence electrons. The molecule has 0 fully saturated rings. The number of hydrogen-bond donors (Lipinski definition) is 1. The van der Waals surface area contributed by atoms with Gasteiger partial charge in [-0.2, -0.15) is 12.6 Å². The first-order chi connectivity index (χ1) is 5.85. The first-order valence-corrected chi connectivity index (χ1v) is 5.81. The zero-order valence-corrected chi connectivity index (χ0v) is 9.45. The first kappa shape index (κ1) is 12.3. The molecule has 0 saturated heterocycles. The second kappa shape index (κ2) is 9.40. The molecule has 0 N–H and O–H groups in total. The third-order valence-corrected chi connectivity index (χ3v) is 2.28. The molecule has 0 aliphatic heterocycles. The van der Waals surface area contributed by atoms with E-state index in [1.54, 1.807) is 0 Å². The van der Waals surface area contributed by atoms with Crippen molar-refractivity contribution in [3.05, 3.63) is 0 Å². The van der Waals surface area contributed by atoms with Crippen molar-refractivity contribution in [1.29, 1.82) is 0 Å². The van der Waals surface area contributed by atoms with Crippen molar-refractivity contribution in [1.82, 2.24) is 4.90 Å². The van der Waals surface area contributed by atoms with Gasteiger partial charge in [0.15, 0.2) is 0 Å². The normalized spacial score (nSPS) is 11.0. The van der Waals surface area contributed by atoms with Gasteiger partial charge in [0.2, 0.25) is 0 Å². The van der Waals surface area contributed by atoms with Crippen molar-refractivity contribution in [2.24, 2.45) is 0 Å². The van der Waals surface area contributed by atoms with Crippen molar-refractivity contribution < 1.29 is 0 Å². The van der Waals surface area contributed by atoms with E-state index in [1.165, 1.54) is 45.3 Å². The second-order valence-corrected chi connectivity index (χ2v) is 3.72. The van der Waals surface area contributed by atoms with Crippen LogP contribution in [0.5, 0.6) is 0 Å². The minimum atomic E-state index is 1.03. The summed E-state index contributed by atoms with van der Waals surface area (Å²) < 4.78 is 0. The summed E-state index contributed by atoms with van der Waals surface area (Å²) >= 11 is 4.21. The maximum atomic E-state index is 4.21. The molecule has 0 aromatic rings. The molecule has 1 nitrogen and oxygen atoms in total. The molecule has 0 aliphatic rings. The van der Waals surface area contributed by atoms with Crippen LogP contribution in [-0.2, 0) is 0 Å². The summed E-state index contributed by atoms with van der Waals surface area (Å²) in [5, 5.41) is 0. The minimum absolute atomic E-state index is 1.03. The molecule has 0 radical (unpaired) electrons. The van der Waals surface area contributed by atoms with E-state index in [4.69, 9.17) is 0 Å². The van der Waals surface area contributed by atoms with Crippen LogP contribution in [0.4, 0.5) is 0 Å². The number of rotatable bonds is 8. The predicted molar refractivity (Wildman–Crippen MR) is 60.1 cm³/mol. The van der Waals surface area contributed by atoms with E-state index in [1.807, 2.05) is 0 Å². The molecule has 2 heteroatoms. The zero-order valence-electron chi connectivity index (χ0n) is 8.55. The highest BCUT2D eigenvalue weighted by Gasteiger charge is 2.00. The Balaban J connectivity index is 3.34. The van der Waals surface area contributed by atoms with Crippen LogP contribution in [-0.4, -0.2) is 30.3 Å². The maximum absolute atomic E-state index is 4.21. The van der Waals surface area contributed by atoms with E-state index in [2.05, 4.69) is 31.4 Å². The zero-order chi connectivity index (χ0) is 9.23. The molecule has 0 aromatic carbocycles. The molecule has 0 rings (SSSR count). The molecule has 0 saturated carbocycles. The Morgan fingerprint density at radius 3 is 1.92 bits per heavy atom. The SMILES string of the molecule is CCCN(CCC)CCCCS. The van der Waals surface area contributed by atoms with E-state index in [-0.39, 0.29) is 0 Å². The van der Waals surface area contributed by atoms with Crippen LogP contribution in [0.25, 0.3) is 0 Å². The Kier molecular flexibility index (Phi) is 9.64. The molecule has 12 heavy (non-hydrogen) atoms. The van der Waals surface area contributed by atoms with Crippen molar-refractivity contribution in [2.75, 3.05) is 25.4 Å². The van der Waals surface area contributed by atoms with E-state index in [0.29, 0.717) is 0 Å². The smallest absolute Gasteiger partial charge is 0.00184 e. The monoisotopic (exact) mass is 189 g/mol. The molecule has 0 amide bonds. The van der Waals surface area contributed by atoms with Gasteiger partial charge in [0.25, 0.3) is 0 Å². The Morgan fingerprint density at radius 1 is 0.917 bits per heavy atom. The fourth-order valence-corrected chi connectivity index (χ4v) is 1.64. The molecular weight excluding hydrogens is 166 g/mol. The quantitative estimate of drug-likeness (QED) is 0.454. The summed E-state index contributed by atoms with van der Waals surface area (Å²) in [5.74, 6) is 1.03. The first-order valence-electron chi connectivity index (χ1n) is 5.18. The van der Waals surface area contributed by atoms with E-state index < -0.39 is 0 Å². The number of nitrogens with zero attached hydrogens (tertiary/aromatic N) is 1. The largest absolute Gasteiger partial charge is 0.303 e. The number of unbranched alkanes of at least 4 members (excludes halogenated alkanes) is 1. The fourth-order valence-electron chi connectivity index (χ4n) is 1.42. The Morgan fingerprint density at radius 2 is 1.50 bits per heavy atom. The molecule has 0 unspecified atom stereocenters. The summed E-state index contributed by atoms with van der Waals surface area (Å²) in [4.78, 5) is 2.56. The summed E-state index contributed by atoms with van der Waals surface area (Å²) in [5.41, 5.74) is 0. The lowest BCUT2D eigenvalue weighted by Gasteiger charge is -2.20. The average Bonchev–Trinajstić information content (AvgIpc) is 2.06. The molecule has 0 aliphatic carbocycles. The molecule has 0 atom stereocenters. The van der Waals surface area contributed by atoms with Crippen LogP contribution in [0.2, 0.25) is 0 Å². The summed E-state index contributed by atoms with van der Waals surface area (Å²) in [7, 11) is 0.